The second-order valence-corrected chi connectivity index (χ2v) is 7.85. The normalized spacial score (nSPS) is 21.6. The number of hydrogen-bond acceptors (Lipinski definition) is 2. The average molecular weight is 371 g/mol. The highest BCUT2D eigenvalue weighted by Crippen LogP contribution is 2.34. The minimum absolute atomic E-state index is 0.153. The lowest BCUT2D eigenvalue weighted by atomic mass is 10.0. The molecule has 1 amide bonds. The average Bonchev–Trinajstić information content (AvgIpc) is 3.38. The van der Waals surface area contributed by atoms with Crippen LogP contribution in [0.15, 0.2) is 79.0 Å². The molecule has 3 heterocycles. The molecule has 142 valence electrons. The van der Waals surface area contributed by atoms with Gasteiger partial charge >= 0.3 is 0 Å². The molecule has 2 unspecified atom stereocenters. The van der Waals surface area contributed by atoms with E-state index in [4.69, 9.17) is 0 Å². The predicted molar refractivity (Wildman–Crippen MR) is 110 cm³/mol. The predicted octanol–water partition coefficient (Wildman–Crippen LogP) is 3.61. The first-order chi connectivity index (χ1) is 13.8. The fraction of sp³-hybridized carbons (Fsp3) is 0.292. The van der Waals surface area contributed by atoms with Crippen molar-refractivity contribution in [2.75, 3.05) is 19.6 Å². The number of rotatable bonds is 5. The van der Waals surface area contributed by atoms with E-state index in [-0.39, 0.29) is 11.9 Å². The molecule has 1 saturated heterocycles. The number of carbonyl (C=O) groups is 1. The molecule has 4 heteroatoms. The van der Waals surface area contributed by atoms with Crippen LogP contribution in [0.3, 0.4) is 0 Å². The van der Waals surface area contributed by atoms with Crippen LogP contribution in [0, 0.1) is 0 Å². The van der Waals surface area contributed by atoms with Crippen molar-refractivity contribution in [3.8, 4) is 0 Å². The zero-order chi connectivity index (χ0) is 18.9. The largest absolute Gasteiger partial charge is 0.337 e. The van der Waals surface area contributed by atoms with Gasteiger partial charge < -0.3 is 9.47 Å². The van der Waals surface area contributed by atoms with Gasteiger partial charge in [-0.05, 0) is 29.7 Å². The summed E-state index contributed by atoms with van der Waals surface area (Å²) >= 11 is 0. The molecule has 0 radical (unpaired) electrons. The van der Waals surface area contributed by atoms with E-state index >= 15 is 0 Å². The van der Waals surface area contributed by atoms with Crippen LogP contribution in [0.1, 0.15) is 27.7 Å². The molecule has 1 fully saturated rings. The van der Waals surface area contributed by atoms with Gasteiger partial charge in [-0.25, -0.2) is 0 Å². The first-order valence-corrected chi connectivity index (χ1v) is 10.1. The van der Waals surface area contributed by atoms with E-state index in [1.807, 2.05) is 30.3 Å². The van der Waals surface area contributed by atoms with Crippen molar-refractivity contribution in [2.45, 2.75) is 25.0 Å². The molecule has 2 aliphatic rings. The Kier molecular flexibility index (Phi) is 4.49. The van der Waals surface area contributed by atoms with Crippen molar-refractivity contribution in [3.05, 3.63) is 95.8 Å². The Bertz CT molecular complexity index is 950. The van der Waals surface area contributed by atoms with E-state index < -0.39 is 0 Å². The molecule has 0 aliphatic carbocycles. The number of amides is 1. The van der Waals surface area contributed by atoms with Crippen LogP contribution < -0.4 is 0 Å². The number of hydrogen-bond donors (Lipinski definition) is 0. The van der Waals surface area contributed by atoms with Crippen LogP contribution in [0.25, 0.3) is 0 Å². The minimum Gasteiger partial charge on any atom is -0.337 e. The monoisotopic (exact) mass is 371 g/mol. The second-order valence-electron chi connectivity index (χ2n) is 7.85. The van der Waals surface area contributed by atoms with Crippen LogP contribution in [-0.4, -0.2) is 46.0 Å². The summed E-state index contributed by atoms with van der Waals surface area (Å²) in [7, 11) is 0. The molecule has 1 aromatic heterocycles. The first kappa shape index (κ1) is 17.3. The van der Waals surface area contributed by atoms with Gasteiger partial charge in [0.25, 0.3) is 5.91 Å². The van der Waals surface area contributed by atoms with Crippen molar-refractivity contribution in [3.63, 3.8) is 0 Å². The maximum atomic E-state index is 13.2. The molecule has 0 bridgehead atoms. The summed E-state index contributed by atoms with van der Waals surface area (Å²) in [5, 5.41) is 0. The van der Waals surface area contributed by atoms with Gasteiger partial charge in [-0.1, -0.05) is 60.7 Å². The number of fused-ring (bicyclic) bond motifs is 3. The molecule has 28 heavy (non-hydrogen) atoms. The Labute approximate surface area is 166 Å². The van der Waals surface area contributed by atoms with Gasteiger partial charge in [0.05, 0.1) is 12.1 Å². The Hall–Kier alpha value is -2.85. The second kappa shape index (κ2) is 7.28. The van der Waals surface area contributed by atoms with Gasteiger partial charge in [0, 0.05) is 32.4 Å². The van der Waals surface area contributed by atoms with Gasteiger partial charge in [0.2, 0.25) is 0 Å². The maximum absolute atomic E-state index is 13.2. The molecule has 0 saturated carbocycles. The highest BCUT2D eigenvalue weighted by Gasteiger charge is 2.44. The quantitative estimate of drug-likeness (QED) is 0.685. The van der Waals surface area contributed by atoms with E-state index in [2.05, 4.69) is 63.0 Å². The summed E-state index contributed by atoms with van der Waals surface area (Å²) in [6, 6.07) is 25.5. The SMILES string of the molecule is O=C1c2cccn2C2CN(CCc3ccccc3)CC2N1Cc1ccccc1. The van der Waals surface area contributed by atoms with Crippen molar-refractivity contribution in [1.82, 2.24) is 14.4 Å². The summed E-state index contributed by atoms with van der Waals surface area (Å²) in [4.78, 5) is 17.8. The third-order valence-electron chi connectivity index (χ3n) is 6.11. The Morgan fingerprint density at radius 1 is 0.786 bits per heavy atom. The Morgan fingerprint density at radius 2 is 1.46 bits per heavy atom. The number of likely N-dealkylation sites (tertiary alicyclic amines) is 1. The topological polar surface area (TPSA) is 28.5 Å². The molecule has 0 spiro atoms. The standard InChI is InChI=1S/C24H25N3O/c28-24-21-12-7-14-26(21)22-17-25(15-13-19-8-3-1-4-9-19)18-23(22)27(24)16-20-10-5-2-6-11-20/h1-12,14,22-23H,13,15-18H2. The smallest absolute Gasteiger partial charge is 0.271 e. The summed E-state index contributed by atoms with van der Waals surface area (Å²) in [6.07, 6.45) is 3.12. The van der Waals surface area contributed by atoms with Crippen LogP contribution in [0.2, 0.25) is 0 Å². The van der Waals surface area contributed by atoms with Gasteiger partial charge in [0.1, 0.15) is 5.69 Å². The molecule has 5 rings (SSSR count). The zero-order valence-electron chi connectivity index (χ0n) is 15.9. The van der Waals surface area contributed by atoms with Gasteiger partial charge in [0.15, 0.2) is 0 Å². The lowest BCUT2D eigenvalue weighted by Crippen LogP contribution is -2.49. The summed E-state index contributed by atoms with van der Waals surface area (Å²) < 4.78 is 2.21. The lowest BCUT2D eigenvalue weighted by molar-refractivity contribution is 0.0557. The molecular formula is C24H25N3O. The molecule has 2 atom stereocenters. The van der Waals surface area contributed by atoms with Crippen LogP contribution in [0.4, 0.5) is 0 Å². The molecule has 3 aromatic rings. The minimum atomic E-state index is 0.153. The molecular weight excluding hydrogens is 346 g/mol. The maximum Gasteiger partial charge on any atom is 0.271 e. The molecule has 2 aliphatic heterocycles. The number of benzene rings is 2. The zero-order valence-corrected chi connectivity index (χ0v) is 15.9. The fourth-order valence-electron chi connectivity index (χ4n) is 4.67. The van der Waals surface area contributed by atoms with E-state index in [1.54, 1.807) is 0 Å². The first-order valence-electron chi connectivity index (χ1n) is 10.1. The van der Waals surface area contributed by atoms with E-state index in [0.717, 1.165) is 31.7 Å². The van der Waals surface area contributed by atoms with Crippen LogP contribution in [-0.2, 0) is 13.0 Å². The number of carbonyl (C=O) groups excluding carboxylic acids is 1. The summed E-state index contributed by atoms with van der Waals surface area (Å²) in [5.41, 5.74) is 3.38. The van der Waals surface area contributed by atoms with E-state index in [0.29, 0.717) is 12.6 Å². The third kappa shape index (κ3) is 3.14. The van der Waals surface area contributed by atoms with Gasteiger partial charge in [-0.2, -0.15) is 0 Å². The van der Waals surface area contributed by atoms with Gasteiger partial charge in [-0.3, -0.25) is 9.69 Å². The number of nitrogens with zero attached hydrogens (tertiary/aromatic N) is 3. The van der Waals surface area contributed by atoms with Crippen LogP contribution in [0.5, 0.6) is 0 Å². The van der Waals surface area contributed by atoms with Gasteiger partial charge in [-0.15, -0.1) is 0 Å². The Morgan fingerprint density at radius 3 is 2.21 bits per heavy atom. The lowest BCUT2D eigenvalue weighted by Gasteiger charge is -2.38. The Balaban J connectivity index is 1.37. The fourth-order valence-corrected chi connectivity index (χ4v) is 4.67. The highest BCUT2D eigenvalue weighted by atomic mass is 16.2. The van der Waals surface area contributed by atoms with Crippen molar-refractivity contribution < 1.29 is 4.79 Å². The van der Waals surface area contributed by atoms with E-state index in [1.165, 1.54) is 11.1 Å². The van der Waals surface area contributed by atoms with Crippen LogP contribution >= 0.6 is 0 Å². The third-order valence-corrected chi connectivity index (χ3v) is 6.11. The summed E-state index contributed by atoms with van der Waals surface area (Å²) in [6.45, 7) is 3.64. The van der Waals surface area contributed by atoms with E-state index in [9.17, 15) is 4.79 Å². The van der Waals surface area contributed by atoms with Crippen molar-refractivity contribution in [1.29, 1.82) is 0 Å². The highest BCUT2D eigenvalue weighted by molar-refractivity contribution is 5.94. The molecule has 2 aromatic carbocycles. The van der Waals surface area contributed by atoms with Crippen molar-refractivity contribution in [2.24, 2.45) is 0 Å². The van der Waals surface area contributed by atoms with Crippen molar-refractivity contribution >= 4 is 5.91 Å². The molecule has 0 N–H and O–H groups in total. The number of aromatic nitrogens is 1. The molecule has 4 nitrogen and oxygen atoms in total. The summed E-state index contributed by atoms with van der Waals surface area (Å²) in [5.74, 6) is 0.153.